The van der Waals surface area contributed by atoms with E-state index in [4.69, 9.17) is 12.2 Å². The Morgan fingerprint density at radius 3 is 1.95 bits per heavy atom. The van der Waals surface area contributed by atoms with Crippen molar-refractivity contribution in [3.8, 4) is 0 Å². The Kier molecular flexibility index (Phi) is 3.48. The zero-order valence-corrected chi connectivity index (χ0v) is 11.8. The van der Waals surface area contributed by atoms with Crippen molar-refractivity contribution in [1.29, 1.82) is 0 Å². The maximum absolute atomic E-state index is 12.1. The van der Waals surface area contributed by atoms with Gasteiger partial charge in [-0.15, -0.1) is 0 Å². The Hall–Kier alpha value is -2.01. The molecule has 0 bridgehead atoms. The maximum atomic E-state index is 12.1. The summed E-state index contributed by atoms with van der Waals surface area (Å²) in [7, 11) is 3.13. The number of carbonyl (C=O) groups excluding carboxylic acids is 2. The van der Waals surface area contributed by atoms with Crippen LogP contribution in [-0.4, -0.2) is 40.8 Å². The fourth-order valence-electron chi connectivity index (χ4n) is 1.80. The highest BCUT2D eigenvalue weighted by atomic mass is 32.1. The Morgan fingerprint density at radius 2 is 1.47 bits per heavy atom. The molecule has 0 aromatic heterocycles. The molecule has 1 aliphatic rings. The van der Waals surface area contributed by atoms with Crippen molar-refractivity contribution in [2.24, 2.45) is 0 Å². The lowest BCUT2D eigenvalue weighted by Crippen LogP contribution is -2.52. The summed E-state index contributed by atoms with van der Waals surface area (Å²) >= 11 is 5.02. The number of thiocarbonyl (C=S) groups is 1. The van der Waals surface area contributed by atoms with Gasteiger partial charge in [-0.1, -0.05) is 29.8 Å². The van der Waals surface area contributed by atoms with Gasteiger partial charge in [0, 0.05) is 14.1 Å². The van der Waals surface area contributed by atoms with E-state index < -0.39 is 0 Å². The first-order valence-corrected chi connectivity index (χ1v) is 6.21. The molecule has 0 radical (unpaired) electrons. The molecule has 0 saturated carbocycles. The largest absolute Gasteiger partial charge is 0.288 e. The minimum absolute atomic E-state index is 0.127. The van der Waals surface area contributed by atoms with Gasteiger partial charge >= 0.3 is 0 Å². The highest BCUT2D eigenvalue weighted by Crippen LogP contribution is 2.18. The van der Waals surface area contributed by atoms with E-state index in [2.05, 4.69) is 0 Å². The number of aryl methyl sites for hydroxylation is 1. The molecule has 98 valence electrons. The van der Waals surface area contributed by atoms with Gasteiger partial charge in [-0.2, -0.15) is 0 Å². The number of rotatable bonds is 1. The van der Waals surface area contributed by atoms with Crippen molar-refractivity contribution in [2.45, 2.75) is 6.92 Å². The van der Waals surface area contributed by atoms with E-state index in [-0.39, 0.29) is 22.5 Å². The molecule has 2 rings (SSSR count). The van der Waals surface area contributed by atoms with Crippen molar-refractivity contribution in [2.75, 3.05) is 14.1 Å². The molecular formula is C14H14N2O2S. The Labute approximate surface area is 117 Å². The van der Waals surface area contributed by atoms with Crippen LogP contribution in [0.15, 0.2) is 29.8 Å². The zero-order chi connectivity index (χ0) is 14.2. The first kappa shape index (κ1) is 13.4. The zero-order valence-electron chi connectivity index (χ0n) is 11.0. The van der Waals surface area contributed by atoms with Crippen LogP contribution < -0.4 is 0 Å². The molecule has 0 aliphatic carbocycles. The van der Waals surface area contributed by atoms with Gasteiger partial charge in [0.05, 0.1) is 0 Å². The highest BCUT2D eigenvalue weighted by molar-refractivity contribution is 7.80. The van der Waals surface area contributed by atoms with Gasteiger partial charge < -0.3 is 0 Å². The summed E-state index contributed by atoms with van der Waals surface area (Å²) < 4.78 is 0. The molecule has 1 aromatic carbocycles. The lowest BCUT2D eigenvalue weighted by molar-refractivity contribution is -0.132. The minimum atomic E-state index is -0.367. The molecule has 1 heterocycles. The lowest BCUT2D eigenvalue weighted by Gasteiger charge is -2.31. The molecule has 1 aliphatic heterocycles. The number of likely N-dealkylation sites (N-methyl/N-ethyl adjacent to an activating group) is 2. The van der Waals surface area contributed by atoms with E-state index in [1.54, 1.807) is 20.2 Å². The molecule has 0 atom stereocenters. The van der Waals surface area contributed by atoms with E-state index in [9.17, 15) is 9.59 Å². The first-order valence-electron chi connectivity index (χ1n) is 5.80. The molecule has 1 fully saturated rings. The smallest absolute Gasteiger partial charge is 0.265 e. The molecule has 1 aromatic rings. The van der Waals surface area contributed by atoms with Gasteiger partial charge in [-0.05, 0) is 30.8 Å². The third-order valence-electron chi connectivity index (χ3n) is 3.03. The average molecular weight is 274 g/mol. The summed E-state index contributed by atoms with van der Waals surface area (Å²) in [5.74, 6) is -0.734. The number of nitrogens with zero attached hydrogens (tertiary/aromatic N) is 2. The molecular weight excluding hydrogens is 260 g/mol. The van der Waals surface area contributed by atoms with Crippen molar-refractivity contribution in [1.82, 2.24) is 9.80 Å². The lowest BCUT2D eigenvalue weighted by atomic mass is 10.1. The summed E-state index contributed by atoms with van der Waals surface area (Å²) in [5, 5.41) is 0.219. The number of benzene rings is 1. The summed E-state index contributed by atoms with van der Waals surface area (Å²) in [4.78, 5) is 26.8. The number of carbonyl (C=O) groups is 2. The predicted molar refractivity (Wildman–Crippen MR) is 77.3 cm³/mol. The van der Waals surface area contributed by atoms with Gasteiger partial charge in [-0.25, -0.2) is 0 Å². The second kappa shape index (κ2) is 4.93. The fourth-order valence-corrected chi connectivity index (χ4v) is 1.97. The molecule has 0 N–H and O–H groups in total. The van der Waals surface area contributed by atoms with Gasteiger partial charge in [0.15, 0.2) is 5.11 Å². The highest BCUT2D eigenvalue weighted by Gasteiger charge is 2.35. The van der Waals surface area contributed by atoms with E-state index in [1.807, 2.05) is 31.2 Å². The number of hydrogen-bond acceptors (Lipinski definition) is 3. The maximum Gasteiger partial charge on any atom is 0.265 e. The van der Waals surface area contributed by atoms with E-state index >= 15 is 0 Å². The SMILES string of the molecule is Cc1ccc(C=C2C(=O)N(C)C(=S)N(C)C2=O)cc1. The summed E-state index contributed by atoms with van der Waals surface area (Å²) in [6.07, 6.45) is 1.60. The van der Waals surface area contributed by atoms with E-state index in [0.717, 1.165) is 11.1 Å². The second-order valence-corrected chi connectivity index (χ2v) is 4.84. The van der Waals surface area contributed by atoms with E-state index in [0.29, 0.717) is 0 Å². The molecule has 4 nitrogen and oxygen atoms in total. The molecule has 1 saturated heterocycles. The van der Waals surface area contributed by atoms with Gasteiger partial charge in [-0.3, -0.25) is 19.4 Å². The van der Waals surface area contributed by atoms with Crippen LogP contribution in [0, 0.1) is 6.92 Å². The quantitative estimate of drug-likeness (QED) is 0.443. The van der Waals surface area contributed by atoms with Crippen molar-refractivity contribution in [3.05, 3.63) is 41.0 Å². The topological polar surface area (TPSA) is 40.6 Å². The van der Waals surface area contributed by atoms with Crippen LogP contribution in [0.5, 0.6) is 0 Å². The first-order chi connectivity index (χ1) is 8.91. The van der Waals surface area contributed by atoms with Crippen LogP contribution in [0.2, 0.25) is 0 Å². The number of amides is 2. The van der Waals surface area contributed by atoms with Crippen molar-refractivity contribution in [3.63, 3.8) is 0 Å². The molecule has 19 heavy (non-hydrogen) atoms. The molecule has 0 spiro atoms. The summed E-state index contributed by atoms with van der Waals surface area (Å²) in [6.45, 7) is 1.98. The second-order valence-electron chi connectivity index (χ2n) is 4.48. The molecule has 5 heteroatoms. The van der Waals surface area contributed by atoms with Crippen LogP contribution in [-0.2, 0) is 9.59 Å². The summed E-state index contributed by atoms with van der Waals surface area (Å²) in [5.41, 5.74) is 2.07. The van der Waals surface area contributed by atoms with E-state index in [1.165, 1.54) is 9.80 Å². The Bertz CT molecular complexity index is 564. The predicted octanol–water partition coefficient (Wildman–Crippen LogP) is 1.59. The van der Waals surface area contributed by atoms with Crippen molar-refractivity contribution >= 4 is 35.2 Å². The number of hydrogen-bond donors (Lipinski definition) is 0. The standard InChI is InChI=1S/C14H14N2O2S/c1-9-4-6-10(7-5-9)8-11-12(17)15(2)14(19)16(3)13(11)18/h4-8H,1-3H3. The van der Waals surface area contributed by atoms with Crippen LogP contribution >= 0.6 is 12.2 Å². The normalized spacial score (nSPS) is 16.2. The minimum Gasteiger partial charge on any atom is -0.288 e. The Morgan fingerprint density at radius 1 is 1.00 bits per heavy atom. The van der Waals surface area contributed by atoms with Gasteiger partial charge in [0.25, 0.3) is 11.8 Å². The third-order valence-corrected chi connectivity index (χ3v) is 3.58. The van der Waals surface area contributed by atoms with Crippen molar-refractivity contribution < 1.29 is 9.59 Å². The van der Waals surface area contributed by atoms with Crippen LogP contribution in [0.25, 0.3) is 6.08 Å². The van der Waals surface area contributed by atoms with Gasteiger partial charge in [0.1, 0.15) is 5.57 Å². The molecule has 2 amide bonds. The molecule has 0 unspecified atom stereocenters. The monoisotopic (exact) mass is 274 g/mol. The van der Waals surface area contributed by atoms with Crippen LogP contribution in [0.4, 0.5) is 0 Å². The fraction of sp³-hybridized carbons (Fsp3) is 0.214. The Balaban J connectivity index is 2.42. The van der Waals surface area contributed by atoms with Gasteiger partial charge in [0.2, 0.25) is 0 Å². The summed E-state index contributed by atoms with van der Waals surface area (Å²) in [6, 6.07) is 7.61. The van der Waals surface area contributed by atoms with Crippen LogP contribution in [0.1, 0.15) is 11.1 Å². The average Bonchev–Trinajstić information content (AvgIpc) is 2.41. The van der Waals surface area contributed by atoms with Crippen LogP contribution in [0.3, 0.4) is 0 Å². The third kappa shape index (κ3) is 2.42.